The number of anilines is 1. The van der Waals surface area contributed by atoms with E-state index in [4.69, 9.17) is 0 Å². The molecule has 2 amide bonds. The predicted molar refractivity (Wildman–Crippen MR) is 67.8 cm³/mol. The van der Waals surface area contributed by atoms with Gasteiger partial charge in [-0.15, -0.1) is 0 Å². The summed E-state index contributed by atoms with van der Waals surface area (Å²) in [5.74, 6) is -1.20. The van der Waals surface area contributed by atoms with Crippen LogP contribution in [0.1, 0.15) is 25.8 Å². The van der Waals surface area contributed by atoms with E-state index in [1.807, 2.05) is 32.0 Å². The van der Waals surface area contributed by atoms with E-state index in [2.05, 4.69) is 10.6 Å². The van der Waals surface area contributed by atoms with Gasteiger partial charge in [-0.05, 0) is 24.5 Å². The third kappa shape index (κ3) is 3.90. The second kappa shape index (κ2) is 6.68. The van der Waals surface area contributed by atoms with Gasteiger partial charge in [0, 0.05) is 12.2 Å². The Bertz CT molecular complexity index is 402. The van der Waals surface area contributed by atoms with Crippen molar-refractivity contribution in [2.45, 2.75) is 26.7 Å². The molecule has 2 N–H and O–H groups in total. The summed E-state index contributed by atoms with van der Waals surface area (Å²) >= 11 is 0. The Morgan fingerprint density at radius 1 is 1.12 bits per heavy atom. The van der Waals surface area contributed by atoms with Crippen LogP contribution in [-0.4, -0.2) is 18.4 Å². The molecule has 0 aliphatic heterocycles. The van der Waals surface area contributed by atoms with E-state index in [0.29, 0.717) is 12.2 Å². The SMILES string of the molecule is CCCNC(=O)C(=O)Nc1ccccc1CC. The average molecular weight is 234 g/mol. The minimum Gasteiger partial charge on any atom is -0.348 e. The van der Waals surface area contributed by atoms with Crippen molar-refractivity contribution < 1.29 is 9.59 Å². The standard InChI is InChI=1S/C13H18N2O2/c1-3-9-14-12(16)13(17)15-11-8-6-5-7-10(11)4-2/h5-8H,3-4,9H2,1-2H3,(H,14,16)(H,15,17). The van der Waals surface area contributed by atoms with Crippen LogP contribution in [0.15, 0.2) is 24.3 Å². The van der Waals surface area contributed by atoms with Crippen molar-refractivity contribution in [3.8, 4) is 0 Å². The lowest BCUT2D eigenvalue weighted by molar-refractivity contribution is -0.136. The highest BCUT2D eigenvalue weighted by Crippen LogP contribution is 2.14. The van der Waals surface area contributed by atoms with Gasteiger partial charge in [0.1, 0.15) is 0 Å². The zero-order chi connectivity index (χ0) is 12.7. The predicted octanol–water partition coefficient (Wildman–Crippen LogP) is 1.71. The van der Waals surface area contributed by atoms with Crippen LogP contribution in [0.3, 0.4) is 0 Å². The van der Waals surface area contributed by atoms with Crippen LogP contribution in [0.25, 0.3) is 0 Å². The third-order valence-electron chi connectivity index (χ3n) is 2.39. The Kier molecular flexibility index (Phi) is 5.20. The topological polar surface area (TPSA) is 58.2 Å². The summed E-state index contributed by atoms with van der Waals surface area (Å²) in [4.78, 5) is 22.9. The number of hydrogen-bond donors (Lipinski definition) is 2. The molecule has 0 aromatic heterocycles. The van der Waals surface area contributed by atoms with E-state index in [9.17, 15) is 9.59 Å². The quantitative estimate of drug-likeness (QED) is 0.779. The molecule has 17 heavy (non-hydrogen) atoms. The second-order valence-electron chi connectivity index (χ2n) is 3.72. The molecular formula is C13H18N2O2. The van der Waals surface area contributed by atoms with Gasteiger partial charge in [0.25, 0.3) is 0 Å². The lowest BCUT2D eigenvalue weighted by Crippen LogP contribution is -2.35. The van der Waals surface area contributed by atoms with Crippen LogP contribution in [0.4, 0.5) is 5.69 Å². The molecule has 0 bridgehead atoms. The molecule has 0 atom stereocenters. The molecule has 0 saturated heterocycles. The first-order chi connectivity index (χ1) is 8.19. The van der Waals surface area contributed by atoms with Gasteiger partial charge in [0.05, 0.1) is 0 Å². The Labute approximate surface area is 101 Å². The van der Waals surface area contributed by atoms with Crippen LogP contribution in [0, 0.1) is 0 Å². The van der Waals surface area contributed by atoms with Crippen LogP contribution in [0.2, 0.25) is 0 Å². The fourth-order valence-electron chi connectivity index (χ4n) is 1.45. The number of para-hydroxylation sites is 1. The molecule has 0 fully saturated rings. The molecule has 1 aromatic rings. The summed E-state index contributed by atoms with van der Waals surface area (Å²) in [6, 6.07) is 7.47. The Morgan fingerprint density at radius 2 is 1.82 bits per heavy atom. The lowest BCUT2D eigenvalue weighted by Gasteiger charge is -2.09. The van der Waals surface area contributed by atoms with Crippen molar-refractivity contribution >= 4 is 17.5 Å². The molecule has 0 radical (unpaired) electrons. The number of carbonyl (C=O) groups excluding carboxylic acids is 2. The molecule has 0 aliphatic rings. The summed E-state index contributed by atoms with van der Waals surface area (Å²) in [7, 11) is 0. The summed E-state index contributed by atoms with van der Waals surface area (Å²) < 4.78 is 0. The zero-order valence-corrected chi connectivity index (χ0v) is 10.2. The van der Waals surface area contributed by atoms with Gasteiger partial charge in [-0.1, -0.05) is 32.0 Å². The van der Waals surface area contributed by atoms with Gasteiger partial charge in [-0.2, -0.15) is 0 Å². The zero-order valence-electron chi connectivity index (χ0n) is 10.2. The molecule has 1 aromatic carbocycles. The Balaban J connectivity index is 2.64. The first-order valence-corrected chi connectivity index (χ1v) is 5.86. The van der Waals surface area contributed by atoms with E-state index < -0.39 is 11.8 Å². The summed E-state index contributed by atoms with van der Waals surface area (Å²) in [5, 5.41) is 5.16. The maximum Gasteiger partial charge on any atom is 0.313 e. The van der Waals surface area contributed by atoms with Crippen LogP contribution in [0.5, 0.6) is 0 Å². The monoisotopic (exact) mass is 234 g/mol. The summed E-state index contributed by atoms with van der Waals surface area (Å²) in [6.07, 6.45) is 1.62. The molecule has 1 rings (SSSR count). The molecule has 4 heteroatoms. The van der Waals surface area contributed by atoms with E-state index in [-0.39, 0.29) is 0 Å². The van der Waals surface area contributed by atoms with E-state index in [1.54, 1.807) is 6.07 Å². The van der Waals surface area contributed by atoms with Crippen molar-refractivity contribution in [2.75, 3.05) is 11.9 Å². The number of nitrogens with one attached hydrogen (secondary N) is 2. The molecule has 4 nitrogen and oxygen atoms in total. The van der Waals surface area contributed by atoms with Gasteiger partial charge < -0.3 is 10.6 Å². The summed E-state index contributed by atoms with van der Waals surface area (Å²) in [5.41, 5.74) is 1.72. The van der Waals surface area contributed by atoms with Crippen molar-refractivity contribution in [2.24, 2.45) is 0 Å². The number of amides is 2. The highest BCUT2D eigenvalue weighted by Gasteiger charge is 2.13. The van der Waals surface area contributed by atoms with Crippen molar-refractivity contribution in [1.82, 2.24) is 5.32 Å². The van der Waals surface area contributed by atoms with Crippen molar-refractivity contribution in [3.63, 3.8) is 0 Å². The van der Waals surface area contributed by atoms with Gasteiger partial charge in [0.15, 0.2) is 0 Å². The third-order valence-corrected chi connectivity index (χ3v) is 2.39. The second-order valence-corrected chi connectivity index (χ2v) is 3.72. The molecule has 0 spiro atoms. The smallest absolute Gasteiger partial charge is 0.313 e. The normalized spacial score (nSPS) is 9.76. The fraction of sp³-hybridized carbons (Fsp3) is 0.385. The fourth-order valence-corrected chi connectivity index (χ4v) is 1.45. The number of rotatable bonds is 4. The molecule has 0 heterocycles. The Hall–Kier alpha value is -1.84. The lowest BCUT2D eigenvalue weighted by atomic mass is 10.1. The molecule has 92 valence electrons. The maximum atomic E-state index is 11.6. The molecular weight excluding hydrogens is 216 g/mol. The average Bonchev–Trinajstić information content (AvgIpc) is 2.36. The van der Waals surface area contributed by atoms with Gasteiger partial charge in [-0.25, -0.2) is 0 Å². The van der Waals surface area contributed by atoms with E-state index >= 15 is 0 Å². The number of carbonyl (C=O) groups is 2. The molecule has 0 unspecified atom stereocenters. The van der Waals surface area contributed by atoms with E-state index in [1.165, 1.54) is 0 Å². The minimum absolute atomic E-state index is 0.516. The highest BCUT2D eigenvalue weighted by atomic mass is 16.2. The van der Waals surface area contributed by atoms with Gasteiger partial charge in [0.2, 0.25) is 0 Å². The van der Waals surface area contributed by atoms with Crippen LogP contribution in [-0.2, 0) is 16.0 Å². The molecule has 0 aliphatic carbocycles. The van der Waals surface area contributed by atoms with Crippen molar-refractivity contribution in [3.05, 3.63) is 29.8 Å². The maximum absolute atomic E-state index is 11.6. The van der Waals surface area contributed by atoms with Crippen LogP contribution < -0.4 is 10.6 Å². The first-order valence-electron chi connectivity index (χ1n) is 5.86. The van der Waals surface area contributed by atoms with Crippen LogP contribution >= 0.6 is 0 Å². The highest BCUT2D eigenvalue weighted by molar-refractivity contribution is 6.39. The van der Waals surface area contributed by atoms with Gasteiger partial charge >= 0.3 is 11.8 Å². The Morgan fingerprint density at radius 3 is 2.47 bits per heavy atom. The van der Waals surface area contributed by atoms with Crippen molar-refractivity contribution in [1.29, 1.82) is 0 Å². The van der Waals surface area contributed by atoms with Gasteiger partial charge in [-0.3, -0.25) is 9.59 Å². The number of aryl methyl sites for hydroxylation is 1. The minimum atomic E-state index is -0.612. The summed E-state index contributed by atoms with van der Waals surface area (Å²) in [6.45, 7) is 4.45. The largest absolute Gasteiger partial charge is 0.348 e. The number of benzene rings is 1. The molecule has 0 saturated carbocycles. The van der Waals surface area contributed by atoms with E-state index in [0.717, 1.165) is 18.4 Å². The number of hydrogen-bond acceptors (Lipinski definition) is 2. The first kappa shape index (κ1) is 13.2.